The Kier molecular flexibility index (Phi) is 6.83. The van der Waals surface area contributed by atoms with Gasteiger partial charge < -0.3 is 15.3 Å². The number of nitrogens with zero attached hydrogens (tertiary/aromatic N) is 1. The molecule has 3 nitrogen and oxygen atoms in total. The standard InChI is InChI=1S/C15H25BrN2O/c1-5-8-17-12(3)14-9-13(16)6-7-15(14)18(4)10-11(2)19/h6-7,9,11-12,17,19H,5,8,10H2,1-4H3. The number of likely N-dealkylation sites (N-methyl/N-ethyl adjacent to an activating group) is 1. The quantitative estimate of drug-likeness (QED) is 0.805. The van der Waals surface area contributed by atoms with E-state index in [0.717, 1.165) is 17.4 Å². The molecule has 1 aromatic rings. The summed E-state index contributed by atoms with van der Waals surface area (Å²) in [4.78, 5) is 2.11. The summed E-state index contributed by atoms with van der Waals surface area (Å²) in [5.74, 6) is 0. The molecule has 1 rings (SSSR count). The molecule has 19 heavy (non-hydrogen) atoms. The average molecular weight is 329 g/mol. The molecule has 1 aromatic carbocycles. The third-order valence-corrected chi connectivity index (χ3v) is 3.60. The lowest BCUT2D eigenvalue weighted by Crippen LogP contribution is -2.29. The Labute approximate surface area is 125 Å². The maximum Gasteiger partial charge on any atom is 0.0686 e. The molecule has 2 atom stereocenters. The SMILES string of the molecule is CCCNC(C)c1cc(Br)ccc1N(C)CC(C)O. The molecule has 0 saturated heterocycles. The molecule has 0 aliphatic heterocycles. The summed E-state index contributed by atoms with van der Waals surface area (Å²) in [6, 6.07) is 6.60. The van der Waals surface area contributed by atoms with Crippen molar-refractivity contribution in [3.63, 3.8) is 0 Å². The van der Waals surface area contributed by atoms with Crippen molar-refractivity contribution in [2.75, 3.05) is 25.0 Å². The van der Waals surface area contributed by atoms with E-state index in [1.54, 1.807) is 0 Å². The maximum absolute atomic E-state index is 9.54. The van der Waals surface area contributed by atoms with E-state index in [4.69, 9.17) is 0 Å². The molecule has 108 valence electrons. The number of aliphatic hydroxyl groups is 1. The molecule has 2 unspecified atom stereocenters. The van der Waals surface area contributed by atoms with Gasteiger partial charge in [0.1, 0.15) is 0 Å². The van der Waals surface area contributed by atoms with Crippen molar-refractivity contribution in [2.24, 2.45) is 0 Å². The number of nitrogens with one attached hydrogen (secondary N) is 1. The molecular weight excluding hydrogens is 304 g/mol. The van der Waals surface area contributed by atoms with Gasteiger partial charge in [-0.25, -0.2) is 0 Å². The van der Waals surface area contributed by atoms with Crippen LogP contribution in [0.25, 0.3) is 0 Å². The zero-order valence-corrected chi connectivity index (χ0v) is 13.9. The van der Waals surface area contributed by atoms with Crippen LogP contribution < -0.4 is 10.2 Å². The van der Waals surface area contributed by atoms with Crippen LogP contribution in [0.3, 0.4) is 0 Å². The van der Waals surface area contributed by atoms with Gasteiger partial charge in [-0.3, -0.25) is 0 Å². The van der Waals surface area contributed by atoms with Crippen LogP contribution in [0.4, 0.5) is 5.69 Å². The van der Waals surface area contributed by atoms with Crippen LogP contribution in [0.1, 0.15) is 38.8 Å². The smallest absolute Gasteiger partial charge is 0.0686 e. The largest absolute Gasteiger partial charge is 0.392 e. The van der Waals surface area contributed by atoms with Crippen molar-refractivity contribution in [2.45, 2.75) is 39.3 Å². The summed E-state index contributed by atoms with van der Waals surface area (Å²) in [5, 5.41) is 13.1. The third-order valence-electron chi connectivity index (χ3n) is 3.11. The highest BCUT2D eigenvalue weighted by atomic mass is 79.9. The lowest BCUT2D eigenvalue weighted by molar-refractivity contribution is 0.201. The van der Waals surface area contributed by atoms with Crippen LogP contribution in [0, 0.1) is 0 Å². The van der Waals surface area contributed by atoms with E-state index in [2.05, 4.69) is 52.1 Å². The first-order chi connectivity index (χ1) is 8.95. The Bertz CT molecular complexity index is 396. The number of rotatable bonds is 7. The Morgan fingerprint density at radius 3 is 2.63 bits per heavy atom. The van der Waals surface area contributed by atoms with E-state index in [-0.39, 0.29) is 6.10 Å². The summed E-state index contributed by atoms with van der Waals surface area (Å²) < 4.78 is 1.09. The first-order valence-electron chi connectivity index (χ1n) is 6.87. The molecular formula is C15H25BrN2O. The molecule has 2 N–H and O–H groups in total. The van der Waals surface area contributed by atoms with Gasteiger partial charge in [0.15, 0.2) is 0 Å². The zero-order valence-electron chi connectivity index (χ0n) is 12.3. The Morgan fingerprint density at radius 2 is 2.05 bits per heavy atom. The molecule has 0 heterocycles. The van der Waals surface area contributed by atoms with Crippen LogP contribution in [-0.2, 0) is 0 Å². The fourth-order valence-corrected chi connectivity index (χ4v) is 2.56. The average Bonchev–Trinajstić information content (AvgIpc) is 2.34. The summed E-state index contributed by atoms with van der Waals surface area (Å²) in [5.41, 5.74) is 2.42. The van der Waals surface area contributed by atoms with E-state index >= 15 is 0 Å². The predicted octanol–water partition coefficient (Wildman–Crippen LogP) is 3.33. The van der Waals surface area contributed by atoms with Gasteiger partial charge >= 0.3 is 0 Å². The Balaban J connectivity index is 2.96. The minimum absolute atomic E-state index is 0.295. The number of halogens is 1. The number of hydrogen-bond acceptors (Lipinski definition) is 3. The molecule has 0 spiro atoms. The second-order valence-corrected chi connectivity index (χ2v) is 6.02. The van der Waals surface area contributed by atoms with Gasteiger partial charge in [-0.05, 0) is 50.6 Å². The highest BCUT2D eigenvalue weighted by molar-refractivity contribution is 9.10. The second-order valence-electron chi connectivity index (χ2n) is 5.11. The second kappa shape index (κ2) is 7.88. The molecule has 0 fully saturated rings. The lowest BCUT2D eigenvalue weighted by atomic mass is 10.0. The Morgan fingerprint density at radius 1 is 1.37 bits per heavy atom. The van der Waals surface area contributed by atoms with Gasteiger partial charge in [-0.1, -0.05) is 22.9 Å². The number of anilines is 1. The number of benzene rings is 1. The van der Waals surface area contributed by atoms with Gasteiger partial charge in [0.2, 0.25) is 0 Å². The monoisotopic (exact) mass is 328 g/mol. The molecule has 0 bridgehead atoms. The molecule has 0 aliphatic rings. The van der Waals surface area contributed by atoms with E-state index in [1.807, 2.05) is 20.0 Å². The summed E-state index contributed by atoms with van der Waals surface area (Å²) >= 11 is 3.54. The van der Waals surface area contributed by atoms with Gasteiger partial charge in [0.25, 0.3) is 0 Å². The van der Waals surface area contributed by atoms with Crippen molar-refractivity contribution in [1.29, 1.82) is 0 Å². The third kappa shape index (κ3) is 5.13. The minimum Gasteiger partial charge on any atom is -0.392 e. The summed E-state index contributed by atoms with van der Waals surface area (Å²) in [7, 11) is 2.02. The van der Waals surface area contributed by atoms with Crippen molar-refractivity contribution in [3.8, 4) is 0 Å². The summed E-state index contributed by atoms with van der Waals surface area (Å²) in [6.07, 6.45) is 0.789. The van der Waals surface area contributed by atoms with Crippen LogP contribution in [0.2, 0.25) is 0 Å². The normalized spacial score (nSPS) is 14.2. The lowest BCUT2D eigenvalue weighted by Gasteiger charge is -2.27. The summed E-state index contributed by atoms with van der Waals surface area (Å²) in [6.45, 7) is 7.80. The van der Waals surface area contributed by atoms with Gasteiger partial charge in [0, 0.05) is 29.8 Å². The van der Waals surface area contributed by atoms with Crippen molar-refractivity contribution < 1.29 is 5.11 Å². The van der Waals surface area contributed by atoms with Crippen molar-refractivity contribution in [1.82, 2.24) is 5.32 Å². The predicted molar refractivity (Wildman–Crippen MR) is 85.8 cm³/mol. The minimum atomic E-state index is -0.333. The van der Waals surface area contributed by atoms with Crippen LogP contribution in [-0.4, -0.2) is 31.3 Å². The van der Waals surface area contributed by atoms with Crippen molar-refractivity contribution >= 4 is 21.6 Å². The number of aliphatic hydroxyl groups excluding tert-OH is 1. The van der Waals surface area contributed by atoms with E-state index in [0.29, 0.717) is 12.6 Å². The van der Waals surface area contributed by atoms with E-state index in [1.165, 1.54) is 11.3 Å². The highest BCUT2D eigenvalue weighted by Crippen LogP contribution is 2.29. The molecule has 0 amide bonds. The fourth-order valence-electron chi connectivity index (χ4n) is 2.19. The van der Waals surface area contributed by atoms with E-state index < -0.39 is 0 Å². The van der Waals surface area contributed by atoms with Gasteiger partial charge in [-0.2, -0.15) is 0 Å². The number of hydrogen-bond donors (Lipinski definition) is 2. The zero-order chi connectivity index (χ0) is 14.4. The maximum atomic E-state index is 9.54. The molecule has 0 radical (unpaired) electrons. The van der Waals surface area contributed by atoms with Crippen LogP contribution >= 0.6 is 15.9 Å². The van der Waals surface area contributed by atoms with E-state index in [9.17, 15) is 5.11 Å². The van der Waals surface area contributed by atoms with Gasteiger partial charge in [-0.15, -0.1) is 0 Å². The van der Waals surface area contributed by atoms with Crippen molar-refractivity contribution in [3.05, 3.63) is 28.2 Å². The topological polar surface area (TPSA) is 35.5 Å². The Hall–Kier alpha value is -0.580. The van der Waals surface area contributed by atoms with Crippen LogP contribution in [0.5, 0.6) is 0 Å². The fraction of sp³-hybridized carbons (Fsp3) is 0.600. The molecule has 0 aliphatic carbocycles. The molecule has 0 aromatic heterocycles. The van der Waals surface area contributed by atoms with Gasteiger partial charge in [0.05, 0.1) is 6.10 Å². The molecule has 4 heteroatoms. The first-order valence-corrected chi connectivity index (χ1v) is 7.67. The van der Waals surface area contributed by atoms with Crippen LogP contribution in [0.15, 0.2) is 22.7 Å². The molecule has 0 saturated carbocycles. The highest BCUT2D eigenvalue weighted by Gasteiger charge is 2.14. The first kappa shape index (κ1) is 16.5.